The molecule has 2 heterocycles. The van der Waals surface area contributed by atoms with E-state index in [1.54, 1.807) is 4.90 Å². The molecular weight excluding hydrogens is 396 g/mol. The van der Waals surface area contributed by atoms with Crippen molar-refractivity contribution in [3.8, 4) is 0 Å². The minimum Gasteiger partial charge on any atom is -0.374 e. The number of nitrogens with one attached hydrogen (secondary N) is 3. The van der Waals surface area contributed by atoms with E-state index in [1.165, 1.54) is 24.9 Å². The van der Waals surface area contributed by atoms with Gasteiger partial charge in [0.15, 0.2) is 0 Å². The highest BCUT2D eigenvalue weighted by Crippen LogP contribution is 2.27. The number of pyridine rings is 1. The number of carbonyl (C=O) groups is 3. The zero-order valence-corrected chi connectivity index (χ0v) is 18.0. The van der Waals surface area contributed by atoms with Gasteiger partial charge in [-0.05, 0) is 37.7 Å². The third-order valence-corrected chi connectivity index (χ3v) is 6.35. The highest BCUT2D eigenvalue weighted by atomic mass is 16.2. The lowest BCUT2D eigenvalue weighted by molar-refractivity contribution is -0.137. The summed E-state index contributed by atoms with van der Waals surface area (Å²) in [6.07, 6.45) is 9.86. The van der Waals surface area contributed by atoms with E-state index in [2.05, 4.69) is 22.5 Å². The van der Waals surface area contributed by atoms with Crippen molar-refractivity contribution in [3.63, 3.8) is 0 Å². The van der Waals surface area contributed by atoms with Gasteiger partial charge in [0.1, 0.15) is 11.8 Å². The summed E-state index contributed by atoms with van der Waals surface area (Å²) in [4.78, 5) is 42.7. The summed E-state index contributed by atoms with van der Waals surface area (Å²) in [5.41, 5.74) is 5.52. The number of amides is 3. The number of hydrogen-bond donors (Lipinski definition) is 4. The molecular formula is C22H32N6O3. The average molecular weight is 429 g/mol. The molecule has 168 valence electrons. The first-order valence-electron chi connectivity index (χ1n) is 11.1. The summed E-state index contributed by atoms with van der Waals surface area (Å²) in [5, 5.41) is 13.9. The lowest BCUT2D eigenvalue weighted by Gasteiger charge is -2.31. The van der Waals surface area contributed by atoms with Crippen LogP contribution in [0.4, 0.5) is 5.69 Å². The van der Waals surface area contributed by atoms with Crippen molar-refractivity contribution in [3.05, 3.63) is 24.0 Å². The third kappa shape index (κ3) is 5.59. The Bertz CT molecular complexity index is 842. The first-order valence-corrected chi connectivity index (χ1v) is 11.1. The van der Waals surface area contributed by atoms with Crippen molar-refractivity contribution in [2.75, 3.05) is 18.4 Å². The number of anilines is 1. The predicted octanol–water partition coefficient (Wildman–Crippen LogP) is 1.42. The number of carbonyl (C=O) groups excluding carboxylic acids is 3. The summed E-state index contributed by atoms with van der Waals surface area (Å²) < 4.78 is 0. The summed E-state index contributed by atoms with van der Waals surface area (Å²) >= 11 is 0. The van der Waals surface area contributed by atoms with E-state index >= 15 is 0 Å². The number of likely N-dealkylation sites (tertiary alicyclic amines) is 1. The largest absolute Gasteiger partial charge is 0.374 e. The normalized spacial score (nSPS) is 23.3. The van der Waals surface area contributed by atoms with Gasteiger partial charge >= 0.3 is 0 Å². The monoisotopic (exact) mass is 428 g/mol. The molecule has 9 nitrogen and oxygen atoms in total. The van der Waals surface area contributed by atoms with E-state index < -0.39 is 11.9 Å². The molecule has 0 spiro atoms. The minimum absolute atomic E-state index is 0.0597. The second-order valence-electron chi connectivity index (χ2n) is 8.41. The van der Waals surface area contributed by atoms with Crippen LogP contribution in [0.3, 0.4) is 0 Å². The van der Waals surface area contributed by atoms with E-state index in [0.717, 1.165) is 32.1 Å². The highest BCUT2D eigenvalue weighted by molar-refractivity contribution is 6.44. The van der Waals surface area contributed by atoms with Gasteiger partial charge in [-0.15, -0.1) is 0 Å². The zero-order chi connectivity index (χ0) is 22.4. The van der Waals surface area contributed by atoms with Crippen molar-refractivity contribution in [2.24, 2.45) is 11.7 Å². The number of hydrogen-bond acceptors (Lipinski definition) is 6. The molecule has 3 unspecified atom stereocenters. The predicted molar refractivity (Wildman–Crippen MR) is 118 cm³/mol. The van der Waals surface area contributed by atoms with Gasteiger partial charge in [0, 0.05) is 24.3 Å². The maximum Gasteiger partial charge on any atom is 0.267 e. The zero-order valence-electron chi connectivity index (χ0n) is 18.0. The minimum atomic E-state index is -0.857. The second kappa shape index (κ2) is 10.4. The van der Waals surface area contributed by atoms with Gasteiger partial charge in [0.05, 0.1) is 18.4 Å². The SMILES string of the molecule is CCC1CCCC(NC(=O)C2CCCN2C(=O)CNc2cnccc2C(=N)C(N)=O)C1. The number of rotatable bonds is 8. The fourth-order valence-corrected chi connectivity index (χ4v) is 4.59. The lowest BCUT2D eigenvalue weighted by atomic mass is 9.84. The van der Waals surface area contributed by atoms with Crippen LogP contribution in [0.5, 0.6) is 0 Å². The lowest BCUT2D eigenvalue weighted by Crippen LogP contribution is -2.50. The van der Waals surface area contributed by atoms with Gasteiger partial charge in [0.2, 0.25) is 11.8 Å². The Kier molecular flexibility index (Phi) is 7.59. The summed E-state index contributed by atoms with van der Waals surface area (Å²) in [6, 6.07) is 1.24. The quantitative estimate of drug-likeness (QED) is 0.463. The molecule has 3 atom stereocenters. The van der Waals surface area contributed by atoms with Gasteiger partial charge in [-0.25, -0.2) is 0 Å². The van der Waals surface area contributed by atoms with E-state index in [-0.39, 0.29) is 35.7 Å². The van der Waals surface area contributed by atoms with E-state index in [4.69, 9.17) is 11.1 Å². The van der Waals surface area contributed by atoms with Gasteiger partial charge in [-0.1, -0.05) is 26.2 Å². The summed E-state index contributed by atoms with van der Waals surface area (Å²) in [6.45, 7) is 2.67. The smallest absolute Gasteiger partial charge is 0.267 e. The van der Waals surface area contributed by atoms with Crippen LogP contribution in [0.1, 0.15) is 57.4 Å². The molecule has 1 aromatic heterocycles. The average Bonchev–Trinajstić information content (AvgIpc) is 3.27. The number of nitrogens with two attached hydrogens (primary N) is 1. The van der Waals surface area contributed by atoms with Crippen LogP contribution in [-0.2, 0) is 14.4 Å². The summed E-state index contributed by atoms with van der Waals surface area (Å²) in [5.74, 6) is -0.458. The molecule has 1 aliphatic carbocycles. The molecule has 9 heteroatoms. The van der Waals surface area contributed by atoms with Crippen LogP contribution in [0.25, 0.3) is 0 Å². The van der Waals surface area contributed by atoms with E-state index in [0.29, 0.717) is 24.6 Å². The van der Waals surface area contributed by atoms with Crippen molar-refractivity contribution in [2.45, 2.75) is 64.0 Å². The molecule has 5 N–H and O–H groups in total. The number of nitrogens with zero attached hydrogens (tertiary/aromatic N) is 2. The van der Waals surface area contributed by atoms with Crippen LogP contribution < -0.4 is 16.4 Å². The van der Waals surface area contributed by atoms with Gasteiger partial charge in [-0.2, -0.15) is 0 Å². The molecule has 1 aromatic rings. The Morgan fingerprint density at radius 2 is 2.06 bits per heavy atom. The van der Waals surface area contributed by atoms with Crippen LogP contribution in [0, 0.1) is 11.3 Å². The molecule has 1 saturated carbocycles. The van der Waals surface area contributed by atoms with E-state index in [1.807, 2.05) is 0 Å². The first-order chi connectivity index (χ1) is 14.9. The number of primary amides is 1. The van der Waals surface area contributed by atoms with Crippen molar-refractivity contribution >= 4 is 29.1 Å². The first kappa shape index (κ1) is 22.7. The third-order valence-electron chi connectivity index (χ3n) is 6.35. The van der Waals surface area contributed by atoms with Crippen molar-refractivity contribution in [1.82, 2.24) is 15.2 Å². The maximum atomic E-state index is 12.9. The standard InChI is InChI=1S/C22H32N6O3/c1-2-14-5-3-6-15(11-14)27-22(31)18-7-4-10-28(18)19(29)13-26-17-12-25-9-8-16(17)20(23)21(24)30/h8-9,12,14-15,18,23,26H,2-7,10-11,13H2,1H3,(H2,24,30)(H,27,31). The molecule has 31 heavy (non-hydrogen) atoms. The Balaban J connectivity index is 1.58. The topological polar surface area (TPSA) is 141 Å². The molecule has 2 aliphatic rings. The van der Waals surface area contributed by atoms with Crippen LogP contribution in [0.2, 0.25) is 0 Å². The summed E-state index contributed by atoms with van der Waals surface area (Å²) in [7, 11) is 0. The second-order valence-corrected chi connectivity index (χ2v) is 8.41. The van der Waals surface area contributed by atoms with Gasteiger partial charge < -0.3 is 21.3 Å². The molecule has 1 saturated heterocycles. The molecule has 0 aromatic carbocycles. The molecule has 1 aliphatic heterocycles. The Morgan fingerprint density at radius 1 is 1.26 bits per heavy atom. The maximum absolute atomic E-state index is 12.9. The van der Waals surface area contributed by atoms with Crippen LogP contribution in [0.15, 0.2) is 18.5 Å². The molecule has 3 amide bonds. The molecule has 2 fully saturated rings. The highest BCUT2D eigenvalue weighted by Gasteiger charge is 2.35. The Hall–Kier alpha value is -2.97. The molecule has 0 radical (unpaired) electrons. The van der Waals surface area contributed by atoms with Gasteiger partial charge in [0.25, 0.3) is 5.91 Å². The Morgan fingerprint density at radius 3 is 2.81 bits per heavy atom. The molecule has 3 rings (SSSR count). The van der Waals surface area contributed by atoms with Crippen molar-refractivity contribution < 1.29 is 14.4 Å². The van der Waals surface area contributed by atoms with Crippen molar-refractivity contribution in [1.29, 1.82) is 5.41 Å². The van der Waals surface area contributed by atoms with Crippen LogP contribution in [-0.4, -0.2) is 58.5 Å². The van der Waals surface area contributed by atoms with Crippen LogP contribution >= 0.6 is 0 Å². The fraction of sp³-hybridized carbons (Fsp3) is 0.591. The fourth-order valence-electron chi connectivity index (χ4n) is 4.59. The van der Waals surface area contributed by atoms with E-state index in [9.17, 15) is 14.4 Å². The number of aromatic nitrogens is 1. The molecule has 0 bridgehead atoms. The van der Waals surface area contributed by atoms with Gasteiger partial charge in [-0.3, -0.25) is 24.8 Å². The Labute approximate surface area is 182 Å².